The van der Waals surface area contributed by atoms with Crippen molar-refractivity contribution < 1.29 is 0 Å². The lowest BCUT2D eigenvalue weighted by molar-refractivity contribution is 0.708. The summed E-state index contributed by atoms with van der Waals surface area (Å²) < 4.78 is 1.11. The molecule has 0 spiro atoms. The number of rotatable bonds is 3. The first kappa shape index (κ1) is 15.3. The number of halogens is 2. The number of aromatic nitrogens is 2. The summed E-state index contributed by atoms with van der Waals surface area (Å²) in [5, 5.41) is 0.657. The van der Waals surface area contributed by atoms with E-state index in [1.807, 2.05) is 18.2 Å². The van der Waals surface area contributed by atoms with Gasteiger partial charge in [0, 0.05) is 20.6 Å². The zero-order valence-corrected chi connectivity index (χ0v) is 14.8. The predicted octanol–water partition coefficient (Wildman–Crippen LogP) is 5.45. The van der Waals surface area contributed by atoms with Gasteiger partial charge in [-0.3, -0.25) is 0 Å². The van der Waals surface area contributed by atoms with Crippen molar-refractivity contribution in [3.05, 3.63) is 51.0 Å². The Labute approximate surface area is 142 Å². The molecular weight excluding hydrogens is 368 g/mol. The van der Waals surface area contributed by atoms with E-state index in [9.17, 15) is 0 Å². The lowest BCUT2D eigenvalue weighted by Crippen LogP contribution is -2.04. The van der Waals surface area contributed by atoms with Crippen LogP contribution in [0, 0.1) is 0 Å². The molecule has 1 aliphatic rings. The Bertz CT molecular complexity index is 648. The Morgan fingerprint density at radius 3 is 2.76 bits per heavy atom. The summed E-state index contributed by atoms with van der Waals surface area (Å²) in [7, 11) is 0. The Kier molecular flexibility index (Phi) is 5.19. The summed E-state index contributed by atoms with van der Waals surface area (Å²) in [5.74, 6) is 1.58. The van der Waals surface area contributed by atoms with Gasteiger partial charge in [-0.25, -0.2) is 9.97 Å². The van der Waals surface area contributed by atoms with E-state index in [1.54, 1.807) is 11.8 Å². The molecule has 5 heteroatoms. The van der Waals surface area contributed by atoms with Crippen molar-refractivity contribution in [2.24, 2.45) is 0 Å². The van der Waals surface area contributed by atoms with Gasteiger partial charge in [0.2, 0.25) is 0 Å². The second-order valence-corrected chi connectivity index (χ2v) is 7.37. The number of hydrogen-bond donors (Lipinski definition) is 0. The van der Waals surface area contributed by atoms with Gasteiger partial charge in [-0.05, 0) is 53.7 Å². The maximum absolute atomic E-state index is 6.36. The van der Waals surface area contributed by atoms with Gasteiger partial charge in [0.25, 0.3) is 0 Å². The highest BCUT2D eigenvalue weighted by Crippen LogP contribution is 2.30. The summed E-state index contributed by atoms with van der Waals surface area (Å²) in [5.41, 5.74) is 2.33. The van der Waals surface area contributed by atoms with Crippen LogP contribution in [0.3, 0.4) is 0 Å². The molecule has 0 atom stereocenters. The number of nitrogens with zero attached hydrogens (tertiary/aromatic N) is 2. The molecule has 0 amide bonds. The standard InChI is InChI=1S/C16H16BrClN2S/c17-12-7-4-5-9-14(12)21-10-15-19-13-8-3-1-2-6-11(13)16(18)20-15/h4-5,7,9H,1-3,6,8,10H2. The number of hydrogen-bond acceptors (Lipinski definition) is 3. The van der Waals surface area contributed by atoms with Crippen molar-refractivity contribution in [1.29, 1.82) is 0 Å². The molecule has 0 N–H and O–H groups in total. The van der Waals surface area contributed by atoms with Gasteiger partial charge in [-0.2, -0.15) is 0 Å². The van der Waals surface area contributed by atoms with Crippen LogP contribution in [0.4, 0.5) is 0 Å². The molecule has 1 aliphatic carbocycles. The Hall–Kier alpha value is -0.580. The maximum Gasteiger partial charge on any atom is 0.140 e. The van der Waals surface area contributed by atoms with E-state index in [1.165, 1.54) is 29.7 Å². The summed E-state index contributed by atoms with van der Waals surface area (Å²) in [4.78, 5) is 10.4. The van der Waals surface area contributed by atoms with Gasteiger partial charge in [-0.15, -0.1) is 11.8 Å². The van der Waals surface area contributed by atoms with Crippen LogP contribution < -0.4 is 0 Å². The molecule has 110 valence electrons. The Morgan fingerprint density at radius 1 is 1.10 bits per heavy atom. The minimum atomic E-state index is 0.657. The van der Waals surface area contributed by atoms with Crippen molar-refractivity contribution in [3.8, 4) is 0 Å². The summed E-state index contributed by atoms with van der Waals surface area (Å²) in [6, 6.07) is 8.20. The minimum Gasteiger partial charge on any atom is -0.237 e. The third-order valence-corrected chi connectivity index (χ3v) is 5.96. The number of benzene rings is 1. The van der Waals surface area contributed by atoms with Crippen molar-refractivity contribution in [3.63, 3.8) is 0 Å². The van der Waals surface area contributed by atoms with Crippen molar-refractivity contribution in [1.82, 2.24) is 9.97 Å². The molecule has 0 bridgehead atoms. The van der Waals surface area contributed by atoms with E-state index < -0.39 is 0 Å². The summed E-state index contributed by atoms with van der Waals surface area (Å²) in [6.45, 7) is 0. The van der Waals surface area contributed by atoms with Crippen LogP contribution >= 0.6 is 39.3 Å². The van der Waals surface area contributed by atoms with Crippen LogP contribution in [0.5, 0.6) is 0 Å². The third kappa shape index (κ3) is 3.79. The molecule has 0 saturated carbocycles. The van der Waals surface area contributed by atoms with Gasteiger partial charge in [-0.1, -0.05) is 30.2 Å². The molecule has 3 rings (SSSR count). The van der Waals surface area contributed by atoms with Crippen molar-refractivity contribution in [2.45, 2.75) is 42.8 Å². The zero-order valence-electron chi connectivity index (χ0n) is 11.6. The first-order valence-corrected chi connectivity index (χ1v) is 9.31. The fourth-order valence-corrected chi connectivity index (χ4v) is 4.27. The largest absolute Gasteiger partial charge is 0.237 e. The van der Waals surface area contributed by atoms with Crippen LogP contribution in [0.15, 0.2) is 33.6 Å². The van der Waals surface area contributed by atoms with E-state index >= 15 is 0 Å². The van der Waals surface area contributed by atoms with Crippen LogP contribution in [0.1, 0.15) is 36.3 Å². The summed E-state index contributed by atoms with van der Waals surface area (Å²) >= 11 is 11.7. The van der Waals surface area contributed by atoms with E-state index in [2.05, 4.69) is 27.0 Å². The Morgan fingerprint density at radius 2 is 1.90 bits per heavy atom. The topological polar surface area (TPSA) is 25.8 Å². The van der Waals surface area contributed by atoms with Crippen molar-refractivity contribution >= 4 is 39.3 Å². The molecule has 1 heterocycles. The molecular formula is C16H16BrClN2S. The molecule has 21 heavy (non-hydrogen) atoms. The predicted molar refractivity (Wildman–Crippen MR) is 92.0 cm³/mol. The van der Waals surface area contributed by atoms with Gasteiger partial charge in [0.15, 0.2) is 0 Å². The second kappa shape index (κ2) is 7.12. The van der Waals surface area contributed by atoms with E-state index in [4.69, 9.17) is 16.6 Å². The maximum atomic E-state index is 6.36. The zero-order chi connectivity index (χ0) is 14.7. The average molecular weight is 384 g/mol. The van der Waals surface area contributed by atoms with Gasteiger partial charge in [0.1, 0.15) is 11.0 Å². The van der Waals surface area contributed by atoms with E-state index in [0.29, 0.717) is 5.15 Å². The SMILES string of the molecule is Clc1nc(CSc2ccccc2Br)nc2c1CCCCC2. The van der Waals surface area contributed by atoms with Gasteiger partial charge in [0.05, 0.1) is 5.75 Å². The molecule has 0 unspecified atom stereocenters. The van der Waals surface area contributed by atoms with Gasteiger partial charge < -0.3 is 0 Å². The molecule has 0 saturated heterocycles. The second-order valence-electron chi connectivity index (χ2n) is 5.14. The molecule has 0 radical (unpaired) electrons. The lowest BCUT2D eigenvalue weighted by atomic mass is 10.1. The summed E-state index contributed by atoms with van der Waals surface area (Å²) in [6.07, 6.45) is 5.71. The highest BCUT2D eigenvalue weighted by molar-refractivity contribution is 9.10. The fourth-order valence-electron chi connectivity index (χ4n) is 2.54. The molecule has 2 nitrogen and oxygen atoms in total. The quantitative estimate of drug-likeness (QED) is 0.400. The third-order valence-electron chi connectivity index (χ3n) is 3.62. The minimum absolute atomic E-state index is 0.657. The van der Waals surface area contributed by atoms with Crippen LogP contribution in [0.25, 0.3) is 0 Å². The van der Waals surface area contributed by atoms with E-state index in [0.717, 1.165) is 34.6 Å². The smallest absolute Gasteiger partial charge is 0.140 e. The first-order chi connectivity index (χ1) is 10.2. The molecule has 2 aromatic rings. The number of fused-ring (bicyclic) bond motifs is 1. The van der Waals surface area contributed by atoms with Crippen molar-refractivity contribution in [2.75, 3.05) is 0 Å². The number of thioether (sulfide) groups is 1. The first-order valence-electron chi connectivity index (χ1n) is 7.15. The molecule has 1 aromatic heterocycles. The normalized spacial score (nSPS) is 14.6. The van der Waals surface area contributed by atoms with Crippen LogP contribution in [-0.4, -0.2) is 9.97 Å². The highest BCUT2D eigenvalue weighted by atomic mass is 79.9. The number of aryl methyl sites for hydroxylation is 1. The fraction of sp³-hybridized carbons (Fsp3) is 0.375. The van der Waals surface area contributed by atoms with E-state index in [-0.39, 0.29) is 0 Å². The molecule has 1 aromatic carbocycles. The monoisotopic (exact) mass is 382 g/mol. The van der Waals surface area contributed by atoms with Gasteiger partial charge >= 0.3 is 0 Å². The highest BCUT2D eigenvalue weighted by Gasteiger charge is 2.15. The van der Waals surface area contributed by atoms with Crippen LogP contribution in [-0.2, 0) is 18.6 Å². The average Bonchev–Trinajstić information content (AvgIpc) is 2.72. The molecule has 0 fully saturated rings. The Balaban J connectivity index is 1.79. The lowest BCUT2D eigenvalue weighted by Gasteiger charge is -2.09. The van der Waals surface area contributed by atoms with Crippen LogP contribution in [0.2, 0.25) is 5.15 Å². The molecule has 0 aliphatic heterocycles.